The second kappa shape index (κ2) is 5.27. The molecule has 0 atom stereocenters. The van der Waals surface area contributed by atoms with E-state index in [1.54, 1.807) is 28.3 Å². The molecule has 1 aliphatic rings. The molecule has 1 N–H and O–H groups in total. The Bertz CT molecular complexity index is 606. The predicted molar refractivity (Wildman–Crippen MR) is 77.0 cm³/mol. The molecule has 18 heavy (non-hydrogen) atoms. The van der Waals surface area contributed by atoms with Crippen molar-refractivity contribution in [3.8, 4) is 0 Å². The number of aliphatic imine (C=N–C) groups is 1. The van der Waals surface area contributed by atoms with E-state index in [1.165, 1.54) is 0 Å². The largest absolute Gasteiger partial charge is 0.427 e. The molecule has 96 valence electrons. The van der Waals surface area contributed by atoms with Gasteiger partial charge in [0.15, 0.2) is 0 Å². The summed E-state index contributed by atoms with van der Waals surface area (Å²) in [5.74, 6) is 0.622. The van der Waals surface area contributed by atoms with Crippen LogP contribution in [0.1, 0.15) is 5.56 Å². The highest BCUT2D eigenvalue weighted by Gasteiger charge is 2.21. The Labute approximate surface area is 119 Å². The van der Waals surface area contributed by atoms with Gasteiger partial charge in [-0.25, -0.2) is 18.1 Å². The number of amidine groups is 1. The summed E-state index contributed by atoms with van der Waals surface area (Å²) < 4.78 is 33.2. The highest BCUT2D eigenvalue weighted by Crippen LogP contribution is 2.13. The van der Waals surface area contributed by atoms with Gasteiger partial charge in [-0.2, -0.15) is 0 Å². The summed E-state index contributed by atoms with van der Waals surface area (Å²) in [6.07, 6.45) is 0. The second-order valence-electron chi connectivity index (χ2n) is 3.72. The molecule has 0 spiro atoms. The van der Waals surface area contributed by atoms with Gasteiger partial charge in [0.1, 0.15) is 12.3 Å². The number of benzene rings is 1. The van der Waals surface area contributed by atoms with E-state index < -0.39 is 10.0 Å². The quantitative estimate of drug-likeness (QED) is 0.800. The molecule has 0 saturated carbocycles. The van der Waals surface area contributed by atoms with Gasteiger partial charge in [-0.3, -0.25) is 0 Å². The molecule has 0 aromatic heterocycles. The van der Waals surface area contributed by atoms with Gasteiger partial charge in [0.25, 0.3) is 10.0 Å². The number of hydrogen-bond donors (Lipinski definition) is 1. The lowest BCUT2D eigenvalue weighted by Gasteiger charge is -2.07. The third kappa shape index (κ3) is 3.02. The van der Waals surface area contributed by atoms with E-state index in [0.29, 0.717) is 12.3 Å². The van der Waals surface area contributed by atoms with Crippen LogP contribution in [0.25, 0.3) is 0 Å². The van der Waals surface area contributed by atoms with Crippen molar-refractivity contribution in [1.29, 1.82) is 0 Å². The van der Waals surface area contributed by atoms with E-state index in [-0.39, 0.29) is 10.9 Å². The maximum Gasteiger partial charge on any atom is 0.304 e. The Kier molecular flexibility index (Phi) is 3.91. The van der Waals surface area contributed by atoms with Gasteiger partial charge < -0.3 is 4.74 Å². The smallest absolute Gasteiger partial charge is 0.304 e. The first kappa shape index (κ1) is 13.3. The molecular weight excluding hydrogens is 367 g/mol. The van der Waals surface area contributed by atoms with E-state index in [9.17, 15) is 8.42 Å². The van der Waals surface area contributed by atoms with Crippen molar-refractivity contribution in [3.63, 3.8) is 0 Å². The summed E-state index contributed by atoms with van der Waals surface area (Å²) in [6, 6.07) is 6.58. The summed E-state index contributed by atoms with van der Waals surface area (Å²) in [6.45, 7) is 2.25. The molecule has 1 aliphatic heterocycles. The first-order valence-corrected chi connectivity index (χ1v) is 7.85. The van der Waals surface area contributed by atoms with Gasteiger partial charge >= 0.3 is 6.02 Å². The van der Waals surface area contributed by atoms with Crippen LogP contribution in [0.5, 0.6) is 0 Å². The average molecular weight is 378 g/mol. The van der Waals surface area contributed by atoms with Crippen LogP contribution in [0.4, 0.5) is 0 Å². The molecule has 0 fully saturated rings. The van der Waals surface area contributed by atoms with E-state index in [2.05, 4.69) is 9.71 Å². The van der Waals surface area contributed by atoms with Gasteiger partial charge in [0.2, 0.25) is 0 Å². The van der Waals surface area contributed by atoms with Crippen LogP contribution in [-0.4, -0.2) is 21.0 Å². The van der Waals surface area contributed by atoms with Crippen LogP contribution >= 0.6 is 22.6 Å². The molecule has 1 aromatic rings. The molecule has 0 aliphatic carbocycles. The number of aryl methyl sites for hydroxylation is 1. The van der Waals surface area contributed by atoms with Crippen molar-refractivity contribution in [2.24, 2.45) is 4.99 Å². The van der Waals surface area contributed by atoms with Gasteiger partial charge in [-0.1, -0.05) is 17.7 Å². The number of nitrogens with zero attached hydrogens (tertiary/aromatic N) is 1. The monoisotopic (exact) mass is 378 g/mol. The summed E-state index contributed by atoms with van der Waals surface area (Å²) in [4.78, 5) is 4.13. The van der Waals surface area contributed by atoms with E-state index in [1.807, 2.05) is 29.5 Å². The van der Waals surface area contributed by atoms with E-state index in [0.717, 1.165) is 5.56 Å². The molecule has 0 unspecified atom stereocenters. The fraction of sp³-hybridized carbons (Fsp3) is 0.182. The summed E-state index contributed by atoms with van der Waals surface area (Å²) >= 11 is 2.01. The summed E-state index contributed by atoms with van der Waals surface area (Å²) in [5, 5.41) is 0. The molecule has 7 heteroatoms. The molecule has 5 nitrogen and oxygen atoms in total. The first-order valence-electron chi connectivity index (χ1n) is 5.12. The normalized spacial score (nSPS) is 17.4. The molecule has 1 aromatic carbocycles. The predicted octanol–water partition coefficient (Wildman–Crippen LogP) is 1.94. The zero-order valence-corrected chi connectivity index (χ0v) is 12.5. The Hall–Kier alpha value is -1.09. The van der Waals surface area contributed by atoms with Gasteiger partial charge in [0, 0.05) is 4.08 Å². The molecule has 0 saturated heterocycles. The first-order chi connectivity index (χ1) is 8.51. The second-order valence-corrected chi connectivity index (χ2v) is 6.02. The van der Waals surface area contributed by atoms with Crippen LogP contribution < -0.4 is 4.72 Å². The average Bonchev–Trinajstić information content (AvgIpc) is 2.76. The fourth-order valence-electron chi connectivity index (χ4n) is 1.34. The van der Waals surface area contributed by atoms with Crippen molar-refractivity contribution in [2.45, 2.75) is 11.8 Å². The number of hydrogen-bond acceptors (Lipinski definition) is 4. The standard InChI is InChI=1S/C11H11IN2O3S/c1-8-2-4-10(5-3-8)18(15,16)14-11-13-7-9(6-12)17-11/h2-6H,7H2,1H3,(H,13,14)/b9-6+. The molecule has 2 rings (SSSR count). The minimum atomic E-state index is -3.63. The van der Waals surface area contributed by atoms with Gasteiger partial charge in [-0.05, 0) is 41.6 Å². The Morgan fingerprint density at radius 3 is 2.61 bits per heavy atom. The highest BCUT2D eigenvalue weighted by molar-refractivity contribution is 14.1. The van der Waals surface area contributed by atoms with E-state index >= 15 is 0 Å². The number of nitrogens with one attached hydrogen (secondary N) is 1. The SMILES string of the molecule is Cc1ccc(S(=O)(=O)NC2=NC/C(=C\I)O2)cc1. The lowest BCUT2D eigenvalue weighted by Crippen LogP contribution is -2.30. The molecule has 0 bridgehead atoms. The van der Waals surface area contributed by atoms with Crippen molar-refractivity contribution < 1.29 is 13.2 Å². The number of rotatable bonds is 2. The third-order valence-corrected chi connectivity index (χ3v) is 4.31. The van der Waals surface area contributed by atoms with Crippen LogP contribution in [-0.2, 0) is 14.8 Å². The van der Waals surface area contributed by atoms with Crippen LogP contribution in [0, 0.1) is 6.92 Å². The van der Waals surface area contributed by atoms with Crippen LogP contribution in [0.15, 0.2) is 44.0 Å². The fourth-order valence-corrected chi connectivity index (χ4v) is 2.61. The topological polar surface area (TPSA) is 67.8 Å². The van der Waals surface area contributed by atoms with Crippen molar-refractivity contribution in [1.82, 2.24) is 4.72 Å². The molecule has 0 radical (unpaired) electrons. The Morgan fingerprint density at radius 1 is 1.39 bits per heavy atom. The molecule has 0 amide bonds. The van der Waals surface area contributed by atoms with Crippen LogP contribution in [0.2, 0.25) is 0 Å². The van der Waals surface area contributed by atoms with Crippen molar-refractivity contribution in [3.05, 3.63) is 39.7 Å². The van der Waals surface area contributed by atoms with Crippen molar-refractivity contribution >= 4 is 38.6 Å². The number of sulfonamides is 1. The van der Waals surface area contributed by atoms with Crippen molar-refractivity contribution in [2.75, 3.05) is 6.54 Å². The van der Waals surface area contributed by atoms with Gasteiger partial charge in [-0.15, -0.1) is 0 Å². The minimum absolute atomic E-state index is 0.0125. The minimum Gasteiger partial charge on any atom is -0.427 e. The number of halogens is 1. The maximum atomic E-state index is 12.0. The zero-order valence-electron chi connectivity index (χ0n) is 9.55. The molecule has 1 heterocycles. The molecular formula is C11H11IN2O3S. The zero-order chi connectivity index (χ0) is 13.2. The Morgan fingerprint density at radius 2 is 2.06 bits per heavy atom. The third-order valence-electron chi connectivity index (χ3n) is 2.28. The van der Waals surface area contributed by atoms with Crippen LogP contribution in [0.3, 0.4) is 0 Å². The van der Waals surface area contributed by atoms with E-state index in [4.69, 9.17) is 4.74 Å². The summed E-state index contributed by atoms with van der Waals surface area (Å²) in [7, 11) is -3.63. The number of ether oxygens (including phenoxy) is 1. The Balaban J connectivity index is 2.16. The summed E-state index contributed by atoms with van der Waals surface area (Å²) in [5.41, 5.74) is 0.999. The lowest BCUT2D eigenvalue weighted by atomic mass is 10.2. The highest BCUT2D eigenvalue weighted by atomic mass is 127. The maximum absolute atomic E-state index is 12.0. The van der Waals surface area contributed by atoms with Gasteiger partial charge in [0.05, 0.1) is 4.90 Å². The lowest BCUT2D eigenvalue weighted by molar-refractivity contribution is 0.428.